The molecule has 1 aliphatic rings. The lowest BCUT2D eigenvalue weighted by atomic mass is 10.1. The molecule has 1 aliphatic heterocycles. The van der Waals surface area contributed by atoms with Gasteiger partial charge in [0.15, 0.2) is 5.82 Å². The van der Waals surface area contributed by atoms with Crippen molar-refractivity contribution >= 4 is 5.82 Å². The van der Waals surface area contributed by atoms with Crippen molar-refractivity contribution in [3.05, 3.63) is 30.9 Å². The molecule has 2 aromatic heterocycles. The Morgan fingerprint density at radius 3 is 2.72 bits per heavy atom. The summed E-state index contributed by atoms with van der Waals surface area (Å²) in [4.78, 5) is 10.9. The number of aromatic nitrogens is 4. The van der Waals surface area contributed by atoms with E-state index < -0.39 is 0 Å². The van der Waals surface area contributed by atoms with Gasteiger partial charge in [0.2, 0.25) is 0 Å². The summed E-state index contributed by atoms with van der Waals surface area (Å²) in [6.45, 7) is 2.03. The first kappa shape index (κ1) is 11.2. The quantitative estimate of drug-likeness (QED) is 0.852. The van der Waals surface area contributed by atoms with Crippen LogP contribution in [0.3, 0.4) is 0 Å². The highest BCUT2D eigenvalue weighted by Gasteiger charge is 2.22. The number of aliphatic hydroxyl groups excluding tert-OH is 1. The SMILES string of the molecule is OC[C@H]1CCN(c2cnc(-n3cccn3)cn2)C1. The third kappa shape index (κ3) is 2.06. The molecule has 0 radical (unpaired) electrons. The number of rotatable bonds is 3. The summed E-state index contributed by atoms with van der Waals surface area (Å²) < 4.78 is 1.68. The van der Waals surface area contributed by atoms with Crippen molar-refractivity contribution in [3.63, 3.8) is 0 Å². The number of hydrogen-bond acceptors (Lipinski definition) is 5. The summed E-state index contributed by atoms with van der Waals surface area (Å²) >= 11 is 0. The Morgan fingerprint density at radius 2 is 2.11 bits per heavy atom. The van der Waals surface area contributed by atoms with Crippen molar-refractivity contribution in [2.45, 2.75) is 6.42 Å². The van der Waals surface area contributed by atoms with E-state index in [0.29, 0.717) is 11.7 Å². The van der Waals surface area contributed by atoms with E-state index in [2.05, 4.69) is 20.0 Å². The average Bonchev–Trinajstić information content (AvgIpc) is 3.10. The number of hydrogen-bond donors (Lipinski definition) is 1. The first-order chi connectivity index (χ1) is 8.86. The zero-order chi connectivity index (χ0) is 12.4. The third-order valence-electron chi connectivity index (χ3n) is 3.23. The predicted octanol–water partition coefficient (Wildman–Crippen LogP) is 0.481. The molecule has 18 heavy (non-hydrogen) atoms. The van der Waals surface area contributed by atoms with Crippen LogP contribution >= 0.6 is 0 Å². The highest BCUT2D eigenvalue weighted by molar-refractivity contribution is 5.39. The zero-order valence-corrected chi connectivity index (χ0v) is 9.98. The summed E-state index contributed by atoms with van der Waals surface area (Å²) in [5, 5.41) is 13.2. The lowest BCUT2D eigenvalue weighted by Gasteiger charge is -2.16. The molecule has 1 fully saturated rings. The fourth-order valence-electron chi connectivity index (χ4n) is 2.19. The van der Waals surface area contributed by atoms with E-state index in [1.165, 1.54) is 0 Å². The molecule has 1 N–H and O–H groups in total. The summed E-state index contributed by atoms with van der Waals surface area (Å²) in [7, 11) is 0. The summed E-state index contributed by atoms with van der Waals surface area (Å²) in [5.41, 5.74) is 0. The van der Waals surface area contributed by atoms with Crippen LogP contribution in [0.1, 0.15) is 6.42 Å². The molecule has 0 spiro atoms. The van der Waals surface area contributed by atoms with Gasteiger partial charge >= 0.3 is 0 Å². The molecule has 3 rings (SSSR count). The molecule has 0 saturated carbocycles. The molecule has 2 aromatic rings. The van der Waals surface area contributed by atoms with Gasteiger partial charge in [-0.25, -0.2) is 14.6 Å². The Morgan fingerprint density at radius 1 is 1.28 bits per heavy atom. The smallest absolute Gasteiger partial charge is 0.171 e. The fraction of sp³-hybridized carbons (Fsp3) is 0.417. The summed E-state index contributed by atoms with van der Waals surface area (Å²) in [6.07, 6.45) is 8.04. The van der Waals surface area contributed by atoms with Gasteiger partial charge in [-0.3, -0.25) is 0 Å². The minimum atomic E-state index is 0.245. The number of nitrogens with zero attached hydrogens (tertiary/aromatic N) is 5. The average molecular weight is 245 g/mol. The van der Waals surface area contributed by atoms with Gasteiger partial charge in [-0.05, 0) is 12.5 Å². The molecular weight excluding hydrogens is 230 g/mol. The highest BCUT2D eigenvalue weighted by atomic mass is 16.3. The van der Waals surface area contributed by atoms with E-state index in [9.17, 15) is 0 Å². The van der Waals surface area contributed by atoms with Gasteiger partial charge in [0.25, 0.3) is 0 Å². The van der Waals surface area contributed by atoms with E-state index in [4.69, 9.17) is 5.11 Å². The minimum Gasteiger partial charge on any atom is -0.396 e. The van der Waals surface area contributed by atoms with E-state index in [1.807, 2.05) is 12.3 Å². The van der Waals surface area contributed by atoms with Crippen molar-refractivity contribution in [3.8, 4) is 5.82 Å². The van der Waals surface area contributed by atoms with Crippen molar-refractivity contribution in [1.82, 2.24) is 19.7 Å². The molecule has 1 saturated heterocycles. The van der Waals surface area contributed by atoms with Crippen LogP contribution in [0, 0.1) is 5.92 Å². The topological polar surface area (TPSA) is 67.1 Å². The van der Waals surface area contributed by atoms with Crippen LogP contribution in [0.5, 0.6) is 0 Å². The monoisotopic (exact) mass is 245 g/mol. The Balaban J connectivity index is 1.76. The molecule has 0 aromatic carbocycles. The van der Waals surface area contributed by atoms with Crippen molar-refractivity contribution in [1.29, 1.82) is 0 Å². The van der Waals surface area contributed by atoms with Crippen molar-refractivity contribution in [2.24, 2.45) is 5.92 Å². The molecule has 0 bridgehead atoms. The van der Waals surface area contributed by atoms with E-state index in [-0.39, 0.29) is 6.61 Å². The van der Waals surface area contributed by atoms with Crippen LogP contribution < -0.4 is 4.90 Å². The molecule has 94 valence electrons. The van der Waals surface area contributed by atoms with Crippen LogP contribution in [0.25, 0.3) is 5.82 Å². The Hall–Kier alpha value is -1.95. The van der Waals surface area contributed by atoms with Gasteiger partial charge < -0.3 is 10.0 Å². The second-order valence-corrected chi connectivity index (χ2v) is 4.47. The Kier molecular flexibility index (Phi) is 2.93. The maximum Gasteiger partial charge on any atom is 0.171 e. The molecule has 3 heterocycles. The van der Waals surface area contributed by atoms with Crippen LogP contribution in [0.15, 0.2) is 30.9 Å². The van der Waals surface area contributed by atoms with Gasteiger partial charge in [0.1, 0.15) is 5.82 Å². The van der Waals surface area contributed by atoms with Gasteiger partial charge in [-0.2, -0.15) is 5.10 Å². The van der Waals surface area contributed by atoms with E-state index >= 15 is 0 Å². The van der Waals surface area contributed by atoms with E-state index in [0.717, 1.165) is 25.3 Å². The van der Waals surface area contributed by atoms with E-state index in [1.54, 1.807) is 23.3 Å². The lowest BCUT2D eigenvalue weighted by Crippen LogP contribution is -2.22. The molecule has 0 aliphatic carbocycles. The molecule has 6 nitrogen and oxygen atoms in total. The maximum absolute atomic E-state index is 9.13. The van der Waals surface area contributed by atoms with Crippen LogP contribution in [0.4, 0.5) is 5.82 Å². The first-order valence-corrected chi connectivity index (χ1v) is 6.04. The van der Waals surface area contributed by atoms with Gasteiger partial charge in [-0.15, -0.1) is 0 Å². The van der Waals surface area contributed by atoms with Gasteiger partial charge in [-0.1, -0.05) is 0 Å². The second-order valence-electron chi connectivity index (χ2n) is 4.47. The minimum absolute atomic E-state index is 0.245. The maximum atomic E-state index is 9.13. The fourth-order valence-corrected chi connectivity index (χ4v) is 2.19. The van der Waals surface area contributed by atoms with Crippen LogP contribution in [-0.2, 0) is 0 Å². The third-order valence-corrected chi connectivity index (χ3v) is 3.23. The largest absolute Gasteiger partial charge is 0.396 e. The Labute approximate surface area is 105 Å². The molecular formula is C12H15N5O. The second kappa shape index (κ2) is 4.73. The number of aliphatic hydroxyl groups is 1. The first-order valence-electron chi connectivity index (χ1n) is 6.04. The van der Waals surface area contributed by atoms with Crippen LogP contribution in [-0.4, -0.2) is 44.6 Å². The highest BCUT2D eigenvalue weighted by Crippen LogP contribution is 2.21. The summed E-state index contributed by atoms with van der Waals surface area (Å²) in [6, 6.07) is 1.85. The van der Waals surface area contributed by atoms with Crippen LogP contribution in [0.2, 0.25) is 0 Å². The normalized spacial score (nSPS) is 19.4. The molecule has 1 atom stereocenters. The molecule has 0 amide bonds. The van der Waals surface area contributed by atoms with Gasteiger partial charge in [0, 0.05) is 38.0 Å². The molecule has 6 heteroatoms. The standard InChI is InChI=1S/C12H15N5O/c18-9-10-2-5-16(8-10)11-6-14-12(7-13-11)17-4-1-3-15-17/h1,3-4,6-7,10,18H,2,5,8-9H2/t10-/m0/s1. The number of anilines is 1. The zero-order valence-electron chi connectivity index (χ0n) is 9.98. The van der Waals surface area contributed by atoms with Crippen molar-refractivity contribution < 1.29 is 5.11 Å². The lowest BCUT2D eigenvalue weighted by molar-refractivity contribution is 0.238. The molecule has 0 unspecified atom stereocenters. The van der Waals surface area contributed by atoms with Crippen molar-refractivity contribution in [2.75, 3.05) is 24.6 Å². The predicted molar refractivity (Wildman–Crippen MR) is 66.6 cm³/mol. The summed E-state index contributed by atoms with van der Waals surface area (Å²) in [5.74, 6) is 1.93. The van der Waals surface area contributed by atoms with Gasteiger partial charge in [0.05, 0.1) is 12.4 Å². The Bertz CT molecular complexity index is 496.